The normalized spacial score (nSPS) is 13.6. The van der Waals surface area contributed by atoms with E-state index in [-0.39, 0.29) is 5.91 Å². The molecule has 3 heterocycles. The molecule has 210 valence electrons. The van der Waals surface area contributed by atoms with Crippen LogP contribution in [0.25, 0.3) is 0 Å². The van der Waals surface area contributed by atoms with Crippen LogP contribution < -0.4 is 9.47 Å². The van der Waals surface area contributed by atoms with Crippen molar-refractivity contribution in [2.24, 2.45) is 0 Å². The maximum Gasteiger partial charge on any atom is 0.257 e. The first-order chi connectivity index (χ1) is 19.8. The maximum absolute atomic E-state index is 13.2. The molecule has 0 atom stereocenters. The number of ether oxygens (including phenoxy) is 2. The van der Waals surface area contributed by atoms with Gasteiger partial charge >= 0.3 is 0 Å². The van der Waals surface area contributed by atoms with Crippen molar-refractivity contribution in [3.05, 3.63) is 100 Å². The van der Waals surface area contributed by atoms with E-state index in [0.29, 0.717) is 48.1 Å². The zero-order valence-electron chi connectivity index (χ0n) is 23.9. The summed E-state index contributed by atoms with van der Waals surface area (Å²) in [7, 11) is 1.60. The van der Waals surface area contributed by atoms with E-state index in [2.05, 4.69) is 25.5 Å². The number of benzene rings is 2. The first-order valence-electron chi connectivity index (χ1n) is 13.7. The lowest BCUT2D eigenvalue weighted by atomic mass is 10.1. The molecule has 41 heavy (non-hydrogen) atoms. The van der Waals surface area contributed by atoms with Gasteiger partial charge in [0.1, 0.15) is 23.4 Å². The van der Waals surface area contributed by atoms with Crippen LogP contribution in [0, 0.1) is 32.1 Å². The monoisotopic (exact) mass is 550 g/mol. The molecule has 0 bridgehead atoms. The van der Waals surface area contributed by atoms with Gasteiger partial charge in [-0.2, -0.15) is 5.26 Å². The van der Waals surface area contributed by atoms with Crippen LogP contribution in [0.15, 0.2) is 60.8 Å². The molecule has 1 amide bonds. The van der Waals surface area contributed by atoms with Gasteiger partial charge in [-0.05, 0) is 62.2 Å². The average Bonchev–Trinajstić information content (AvgIpc) is 3.31. The van der Waals surface area contributed by atoms with Gasteiger partial charge in [-0.25, -0.2) is 9.97 Å². The first kappa shape index (κ1) is 27.9. The zero-order valence-corrected chi connectivity index (χ0v) is 23.9. The summed E-state index contributed by atoms with van der Waals surface area (Å²) in [6.45, 7) is 10.0. The Balaban J connectivity index is 1.25. The molecule has 0 N–H and O–H groups in total. The van der Waals surface area contributed by atoms with Crippen molar-refractivity contribution in [1.29, 1.82) is 5.26 Å². The summed E-state index contributed by atoms with van der Waals surface area (Å²) in [6.07, 6.45) is 1.92. The fraction of sp³-hybridized carbons (Fsp3) is 0.312. The number of carbonyl (C=O) groups is 1. The summed E-state index contributed by atoms with van der Waals surface area (Å²) in [4.78, 5) is 26.4. The number of hydrogen-bond donors (Lipinski definition) is 0. The molecule has 4 aromatic rings. The Hall–Kier alpha value is -4.68. The minimum atomic E-state index is 0.00193. The minimum absolute atomic E-state index is 0.00193. The summed E-state index contributed by atoms with van der Waals surface area (Å²) in [6, 6.07) is 19.1. The van der Waals surface area contributed by atoms with E-state index in [0.717, 1.165) is 48.0 Å². The highest BCUT2D eigenvalue weighted by Crippen LogP contribution is 2.27. The third-order valence-electron chi connectivity index (χ3n) is 7.35. The van der Waals surface area contributed by atoms with Gasteiger partial charge in [0.2, 0.25) is 5.88 Å². The summed E-state index contributed by atoms with van der Waals surface area (Å²) in [5.74, 6) is 2.46. The number of carbonyl (C=O) groups excluding carboxylic acids is 1. The molecule has 0 saturated carbocycles. The second-order valence-electron chi connectivity index (χ2n) is 10.3. The summed E-state index contributed by atoms with van der Waals surface area (Å²) in [5, 5.41) is 9.62. The molecular formula is C32H34N6O3. The third-order valence-corrected chi connectivity index (χ3v) is 7.35. The highest BCUT2D eigenvalue weighted by molar-refractivity contribution is 5.97. The van der Waals surface area contributed by atoms with Crippen LogP contribution in [0.3, 0.4) is 0 Å². The Bertz CT molecular complexity index is 1600. The second kappa shape index (κ2) is 12.2. The second-order valence-corrected chi connectivity index (χ2v) is 10.3. The number of piperazine rings is 1. The predicted octanol–water partition coefficient (Wildman–Crippen LogP) is 4.88. The third kappa shape index (κ3) is 6.39. The van der Waals surface area contributed by atoms with Gasteiger partial charge in [0.05, 0.1) is 23.9 Å². The highest BCUT2D eigenvalue weighted by Gasteiger charge is 2.25. The number of imidazole rings is 1. The molecule has 1 fully saturated rings. The van der Waals surface area contributed by atoms with E-state index < -0.39 is 0 Å². The topological polar surface area (TPSA) is 96.5 Å². The fourth-order valence-corrected chi connectivity index (χ4v) is 5.05. The van der Waals surface area contributed by atoms with Crippen LogP contribution >= 0.6 is 0 Å². The maximum atomic E-state index is 13.2. The lowest BCUT2D eigenvalue weighted by Gasteiger charge is -2.35. The first-order valence-corrected chi connectivity index (χ1v) is 13.7. The molecule has 2 aromatic heterocycles. The fourth-order valence-electron chi connectivity index (χ4n) is 5.05. The van der Waals surface area contributed by atoms with E-state index in [9.17, 15) is 10.1 Å². The van der Waals surface area contributed by atoms with E-state index in [1.807, 2.05) is 74.3 Å². The molecule has 0 aliphatic carbocycles. The Labute approximate surface area is 240 Å². The molecule has 2 aromatic carbocycles. The van der Waals surface area contributed by atoms with Gasteiger partial charge in [0, 0.05) is 57.2 Å². The van der Waals surface area contributed by atoms with Crippen molar-refractivity contribution in [3.63, 3.8) is 0 Å². The lowest BCUT2D eigenvalue weighted by molar-refractivity contribution is 0.0622. The Kier molecular flexibility index (Phi) is 8.31. The van der Waals surface area contributed by atoms with Gasteiger partial charge in [0.25, 0.3) is 5.91 Å². The van der Waals surface area contributed by atoms with E-state index in [4.69, 9.17) is 9.47 Å². The van der Waals surface area contributed by atoms with Gasteiger partial charge in [-0.1, -0.05) is 18.2 Å². The summed E-state index contributed by atoms with van der Waals surface area (Å²) in [5.41, 5.74) is 5.05. The van der Waals surface area contributed by atoms with E-state index in [1.54, 1.807) is 19.2 Å². The standard InChI is InChI=1S/C32H34N6O3/c1-22-8-11-28(30(16-22)40-4)32(39)37-14-12-36(13-15-37)21-27-19-34-24(3)38(27)20-25-9-10-26(18-33)29(17-25)41-31-7-5-6-23(2)35-31/h5-11,16-17,19H,12-15,20-21H2,1-4H3. The van der Waals surface area contributed by atoms with Crippen molar-refractivity contribution >= 4 is 5.91 Å². The largest absolute Gasteiger partial charge is 0.496 e. The molecule has 0 radical (unpaired) electrons. The van der Waals surface area contributed by atoms with Gasteiger partial charge < -0.3 is 18.9 Å². The summed E-state index contributed by atoms with van der Waals surface area (Å²) < 4.78 is 13.6. The van der Waals surface area contributed by atoms with Crippen LogP contribution in [0.2, 0.25) is 0 Å². The zero-order chi connectivity index (χ0) is 28.9. The van der Waals surface area contributed by atoms with Gasteiger partial charge in [-0.15, -0.1) is 0 Å². The number of nitrogens with zero attached hydrogens (tertiary/aromatic N) is 6. The number of rotatable bonds is 8. The van der Waals surface area contributed by atoms with Gasteiger partial charge in [0.15, 0.2) is 0 Å². The van der Waals surface area contributed by atoms with Crippen LogP contribution in [0.4, 0.5) is 0 Å². The number of hydrogen-bond acceptors (Lipinski definition) is 7. The molecule has 9 heteroatoms. The average molecular weight is 551 g/mol. The number of aromatic nitrogens is 3. The van der Waals surface area contributed by atoms with Gasteiger partial charge in [-0.3, -0.25) is 9.69 Å². The Morgan fingerprint density at radius 2 is 1.78 bits per heavy atom. The van der Waals surface area contributed by atoms with Crippen molar-refractivity contribution < 1.29 is 14.3 Å². The SMILES string of the molecule is COc1cc(C)ccc1C(=O)N1CCN(Cc2cnc(C)n2Cc2ccc(C#N)c(Oc3cccc(C)n3)c2)CC1. The number of aryl methyl sites for hydroxylation is 3. The summed E-state index contributed by atoms with van der Waals surface area (Å²) >= 11 is 0. The molecular weight excluding hydrogens is 516 g/mol. The predicted molar refractivity (Wildman–Crippen MR) is 155 cm³/mol. The molecule has 5 rings (SSSR count). The van der Waals surface area contributed by atoms with E-state index >= 15 is 0 Å². The molecule has 1 saturated heterocycles. The van der Waals surface area contributed by atoms with Crippen LogP contribution in [0.1, 0.15) is 44.3 Å². The smallest absolute Gasteiger partial charge is 0.257 e. The highest BCUT2D eigenvalue weighted by atomic mass is 16.5. The van der Waals surface area contributed by atoms with Crippen molar-refractivity contribution in [1.82, 2.24) is 24.3 Å². The number of pyridine rings is 1. The van der Waals surface area contributed by atoms with E-state index in [1.165, 1.54) is 0 Å². The molecule has 1 aliphatic heterocycles. The number of nitriles is 1. The van der Waals surface area contributed by atoms with Crippen LogP contribution in [0.5, 0.6) is 17.4 Å². The molecule has 0 unspecified atom stereocenters. The quantitative estimate of drug-likeness (QED) is 0.308. The van der Waals surface area contributed by atoms with Crippen molar-refractivity contribution in [2.45, 2.75) is 33.9 Å². The number of amides is 1. The van der Waals surface area contributed by atoms with Crippen LogP contribution in [-0.2, 0) is 13.1 Å². The lowest BCUT2D eigenvalue weighted by Crippen LogP contribution is -2.48. The van der Waals surface area contributed by atoms with Crippen molar-refractivity contribution in [3.8, 4) is 23.4 Å². The molecule has 1 aliphatic rings. The van der Waals surface area contributed by atoms with Crippen molar-refractivity contribution in [2.75, 3.05) is 33.3 Å². The molecule has 9 nitrogen and oxygen atoms in total. The number of methoxy groups -OCH3 is 1. The van der Waals surface area contributed by atoms with Crippen LogP contribution in [-0.4, -0.2) is 63.5 Å². The minimum Gasteiger partial charge on any atom is -0.496 e. The Morgan fingerprint density at radius 1 is 0.976 bits per heavy atom. The molecule has 0 spiro atoms. The Morgan fingerprint density at radius 3 is 2.51 bits per heavy atom.